The summed E-state index contributed by atoms with van der Waals surface area (Å²) < 4.78 is 33.8. The van der Waals surface area contributed by atoms with E-state index in [1.165, 1.54) is 4.40 Å². The molecule has 0 saturated carbocycles. The van der Waals surface area contributed by atoms with Crippen molar-refractivity contribution in [1.29, 1.82) is 0 Å². The van der Waals surface area contributed by atoms with Crippen LogP contribution >= 0.6 is 11.6 Å². The number of hydrogen-bond donors (Lipinski definition) is 1. The van der Waals surface area contributed by atoms with Crippen LogP contribution in [0.4, 0.5) is 0 Å². The summed E-state index contributed by atoms with van der Waals surface area (Å²) >= 11 is 5.96. The summed E-state index contributed by atoms with van der Waals surface area (Å²) in [5, 5.41) is -0.106. The fourth-order valence-electron chi connectivity index (χ4n) is 2.02. The Morgan fingerprint density at radius 1 is 1.29 bits per heavy atom. The lowest BCUT2D eigenvalue weighted by Crippen LogP contribution is -2.27. The number of furan rings is 1. The first-order chi connectivity index (χ1) is 10.1. The van der Waals surface area contributed by atoms with Gasteiger partial charge in [0.1, 0.15) is 11.4 Å². The highest BCUT2D eigenvalue weighted by Gasteiger charge is 2.23. The van der Waals surface area contributed by atoms with Gasteiger partial charge in [-0.05, 0) is 24.3 Å². The Bertz CT molecular complexity index is 856. The zero-order valence-corrected chi connectivity index (χ0v) is 12.4. The van der Waals surface area contributed by atoms with Gasteiger partial charge in [0.25, 0.3) is 10.0 Å². The second-order valence-electron chi connectivity index (χ2n) is 4.36. The number of fused-ring (bicyclic) bond motifs is 1. The Morgan fingerprint density at radius 2 is 2.14 bits per heavy atom. The normalized spacial score (nSPS) is 12.0. The Morgan fingerprint density at radius 3 is 2.90 bits per heavy atom. The highest BCUT2D eigenvalue weighted by atomic mass is 35.5. The number of nitrogens with zero attached hydrogens (tertiary/aromatic N) is 2. The predicted octanol–water partition coefficient (Wildman–Crippen LogP) is 2.10. The first kappa shape index (κ1) is 14.1. The molecule has 3 heterocycles. The molecule has 0 unspecified atom stereocenters. The van der Waals surface area contributed by atoms with Gasteiger partial charge >= 0.3 is 0 Å². The van der Waals surface area contributed by atoms with Crippen molar-refractivity contribution in [3.63, 3.8) is 0 Å². The maximum atomic E-state index is 12.4. The van der Waals surface area contributed by atoms with Gasteiger partial charge in [-0.15, -0.1) is 0 Å². The van der Waals surface area contributed by atoms with Crippen molar-refractivity contribution in [2.24, 2.45) is 0 Å². The summed E-state index contributed by atoms with van der Waals surface area (Å²) in [4.78, 5) is 4.03. The second-order valence-corrected chi connectivity index (χ2v) is 6.40. The van der Waals surface area contributed by atoms with Gasteiger partial charge in [-0.3, -0.25) is 4.40 Å². The van der Waals surface area contributed by atoms with E-state index in [2.05, 4.69) is 9.71 Å². The molecule has 0 fully saturated rings. The minimum absolute atomic E-state index is 0.0494. The van der Waals surface area contributed by atoms with Gasteiger partial charge in [-0.2, -0.15) is 0 Å². The van der Waals surface area contributed by atoms with E-state index in [9.17, 15) is 8.42 Å². The molecular formula is C13H12ClN3O3S. The zero-order chi connectivity index (χ0) is 14.9. The fraction of sp³-hybridized carbons (Fsp3) is 0.154. The molecule has 0 aliphatic rings. The van der Waals surface area contributed by atoms with Gasteiger partial charge in [0.15, 0.2) is 10.2 Å². The third-order valence-electron chi connectivity index (χ3n) is 2.94. The minimum atomic E-state index is -3.75. The van der Waals surface area contributed by atoms with E-state index < -0.39 is 10.0 Å². The molecule has 3 aromatic rings. The zero-order valence-electron chi connectivity index (χ0n) is 10.9. The summed E-state index contributed by atoms with van der Waals surface area (Å²) in [6.07, 6.45) is 3.61. The molecule has 0 spiro atoms. The molecule has 0 aliphatic carbocycles. The first-order valence-corrected chi connectivity index (χ1v) is 8.09. The van der Waals surface area contributed by atoms with Crippen molar-refractivity contribution < 1.29 is 12.8 Å². The van der Waals surface area contributed by atoms with E-state index in [4.69, 9.17) is 16.0 Å². The fourth-order valence-corrected chi connectivity index (χ4v) is 3.69. The number of sulfonamides is 1. The van der Waals surface area contributed by atoms with Gasteiger partial charge in [-0.25, -0.2) is 18.1 Å². The van der Waals surface area contributed by atoms with Crippen molar-refractivity contribution in [3.8, 4) is 0 Å². The second kappa shape index (κ2) is 5.51. The topological polar surface area (TPSA) is 76.6 Å². The standard InChI is InChI=1S/C13H12ClN3O3S/c14-12-13(17-8-2-1-5-11(17)16-12)21(18,19)15-7-6-10-4-3-9-20-10/h1-5,8-9,15H,6-7H2. The van der Waals surface area contributed by atoms with Crippen LogP contribution in [0.3, 0.4) is 0 Å². The minimum Gasteiger partial charge on any atom is -0.469 e. The van der Waals surface area contributed by atoms with Crippen molar-refractivity contribution in [3.05, 3.63) is 53.7 Å². The van der Waals surface area contributed by atoms with Crippen LogP contribution in [0, 0.1) is 0 Å². The van der Waals surface area contributed by atoms with Crippen molar-refractivity contribution >= 4 is 27.3 Å². The molecule has 1 N–H and O–H groups in total. The quantitative estimate of drug-likeness (QED) is 0.779. The van der Waals surface area contributed by atoms with E-state index >= 15 is 0 Å². The Labute approximate surface area is 126 Å². The van der Waals surface area contributed by atoms with Crippen LogP contribution in [0.25, 0.3) is 5.65 Å². The number of hydrogen-bond acceptors (Lipinski definition) is 4. The highest BCUT2D eigenvalue weighted by molar-refractivity contribution is 7.89. The molecular weight excluding hydrogens is 314 g/mol. The molecule has 0 aliphatic heterocycles. The van der Waals surface area contributed by atoms with Crippen molar-refractivity contribution in [2.75, 3.05) is 6.54 Å². The molecule has 0 radical (unpaired) electrons. The number of pyridine rings is 1. The van der Waals surface area contributed by atoms with E-state index in [0.717, 1.165) is 0 Å². The molecule has 0 aromatic carbocycles. The molecule has 0 bridgehead atoms. The smallest absolute Gasteiger partial charge is 0.259 e. The van der Waals surface area contributed by atoms with E-state index in [1.54, 1.807) is 42.8 Å². The van der Waals surface area contributed by atoms with Gasteiger partial charge in [0.2, 0.25) is 0 Å². The SMILES string of the molecule is O=S(=O)(NCCc1ccco1)c1c(Cl)nc2ccccn12. The van der Waals surface area contributed by atoms with Crippen LogP contribution in [-0.2, 0) is 16.4 Å². The number of halogens is 1. The molecule has 0 atom stereocenters. The summed E-state index contributed by atoms with van der Waals surface area (Å²) in [6, 6.07) is 8.71. The summed E-state index contributed by atoms with van der Waals surface area (Å²) in [7, 11) is -3.75. The number of imidazole rings is 1. The van der Waals surface area contributed by atoms with Gasteiger partial charge in [0.05, 0.1) is 6.26 Å². The third-order valence-corrected chi connectivity index (χ3v) is 4.80. The average Bonchev–Trinajstić information content (AvgIpc) is 3.04. The molecule has 0 saturated heterocycles. The van der Waals surface area contributed by atoms with Gasteiger partial charge in [0, 0.05) is 19.2 Å². The largest absolute Gasteiger partial charge is 0.469 e. The molecule has 3 aromatic heterocycles. The van der Waals surface area contributed by atoms with Crippen molar-refractivity contribution in [1.82, 2.24) is 14.1 Å². The summed E-state index contributed by atoms with van der Waals surface area (Å²) in [5.41, 5.74) is 0.480. The van der Waals surface area contributed by atoms with E-state index in [1.807, 2.05) is 0 Å². The lowest BCUT2D eigenvalue weighted by molar-refractivity contribution is 0.505. The average molecular weight is 326 g/mol. The first-order valence-electron chi connectivity index (χ1n) is 6.22. The predicted molar refractivity (Wildman–Crippen MR) is 77.8 cm³/mol. The Kier molecular flexibility index (Phi) is 3.71. The Hall–Kier alpha value is -1.83. The molecule has 6 nitrogen and oxygen atoms in total. The summed E-state index contributed by atoms with van der Waals surface area (Å²) in [6.45, 7) is 0.215. The molecule has 8 heteroatoms. The molecule has 0 amide bonds. The molecule has 3 rings (SSSR count). The number of nitrogens with one attached hydrogen (secondary N) is 1. The maximum Gasteiger partial charge on any atom is 0.259 e. The van der Waals surface area contributed by atoms with Crippen LogP contribution in [0.2, 0.25) is 5.15 Å². The monoisotopic (exact) mass is 325 g/mol. The van der Waals surface area contributed by atoms with Crippen LogP contribution in [0.1, 0.15) is 5.76 Å². The molecule has 21 heavy (non-hydrogen) atoms. The van der Waals surface area contributed by atoms with E-state index in [0.29, 0.717) is 17.8 Å². The highest BCUT2D eigenvalue weighted by Crippen LogP contribution is 2.22. The lowest BCUT2D eigenvalue weighted by Gasteiger charge is -2.06. The maximum absolute atomic E-state index is 12.4. The van der Waals surface area contributed by atoms with Crippen LogP contribution in [0.15, 0.2) is 52.2 Å². The molecule has 110 valence electrons. The van der Waals surface area contributed by atoms with E-state index in [-0.39, 0.29) is 16.7 Å². The summed E-state index contributed by atoms with van der Waals surface area (Å²) in [5.74, 6) is 0.710. The van der Waals surface area contributed by atoms with Gasteiger partial charge < -0.3 is 4.42 Å². The van der Waals surface area contributed by atoms with Crippen molar-refractivity contribution in [2.45, 2.75) is 11.4 Å². The Balaban J connectivity index is 1.84. The number of rotatable bonds is 5. The number of aromatic nitrogens is 2. The lowest BCUT2D eigenvalue weighted by atomic mass is 10.3. The third kappa shape index (κ3) is 2.80. The van der Waals surface area contributed by atoms with Gasteiger partial charge in [-0.1, -0.05) is 17.7 Å². The van der Waals surface area contributed by atoms with Crippen LogP contribution < -0.4 is 4.72 Å². The van der Waals surface area contributed by atoms with Crippen LogP contribution in [0.5, 0.6) is 0 Å². The van der Waals surface area contributed by atoms with Crippen LogP contribution in [-0.4, -0.2) is 24.3 Å².